The molecule has 1 aromatic carbocycles. The Morgan fingerprint density at radius 3 is 2.64 bits per heavy atom. The lowest BCUT2D eigenvalue weighted by Gasteiger charge is -2.22. The third kappa shape index (κ3) is 4.55. The summed E-state index contributed by atoms with van der Waals surface area (Å²) in [6.07, 6.45) is 1.24. The predicted octanol–water partition coefficient (Wildman–Crippen LogP) is 1.82. The molecule has 1 aliphatic rings. The lowest BCUT2D eigenvalue weighted by Crippen LogP contribution is -2.35. The molecule has 1 aromatic rings. The van der Waals surface area contributed by atoms with E-state index in [4.69, 9.17) is 5.73 Å². The number of carbonyl (C=O) groups excluding carboxylic acids is 2. The Morgan fingerprint density at radius 1 is 1.41 bits per heavy atom. The van der Waals surface area contributed by atoms with Crippen molar-refractivity contribution in [3.8, 4) is 0 Å². The van der Waals surface area contributed by atoms with Gasteiger partial charge >= 0.3 is 0 Å². The fraction of sp³-hybridized carbons (Fsp3) is 0.500. The van der Waals surface area contributed by atoms with Crippen LogP contribution in [0.4, 0.5) is 0 Å². The number of rotatable bonds is 5. The van der Waals surface area contributed by atoms with Crippen molar-refractivity contribution in [2.24, 2.45) is 11.7 Å². The molecule has 0 aliphatic carbocycles. The predicted molar refractivity (Wildman–Crippen MR) is 89.1 cm³/mol. The minimum absolute atomic E-state index is 0.0672. The van der Waals surface area contributed by atoms with Gasteiger partial charge in [0.15, 0.2) is 0 Å². The van der Waals surface area contributed by atoms with E-state index in [9.17, 15) is 9.59 Å². The summed E-state index contributed by atoms with van der Waals surface area (Å²) in [5, 5.41) is 2.87. The molecule has 0 radical (unpaired) electrons. The molecule has 1 aliphatic heterocycles. The number of carbonyl (C=O) groups is 2. The van der Waals surface area contributed by atoms with Crippen LogP contribution in [0.25, 0.3) is 0 Å². The average molecular weight is 368 g/mol. The summed E-state index contributed by atoms with van der Waals surface area (Å²) in [6.45, 7) is 3.57. The maximum absolute atomic E-state index is 12.5. The zero-order valence-corrected chi connectivity index (χ0v) is 14.3. The van der Waals surface area contributed by atoms with Crippen LogP contribution < -0.4 is 11.1 Å². The Balaban J connectivity index is 2.05. The van der Waals surface area contributed by atoms with E-state index in [-0.39, 0.29) is 24.3 Å². The topological polar surface area (TPSA) is 75.4 Å². The highest BCUT2D eigenvalue weighted by atomic mass is 79.9. The lowest BCUT2D eigenvalue weighted by molar-refractivity contribution is -0.131. The van der Waals surface area contributed by atoms with Crippen molar-refractivity contribution in [2.75, 3.05) is 19.6 Å². The van der Waals surface area contributed by atoms with Crippen LogP contribution in [-0.2, 0) is 9.59 Å². The van der Waals surface area contributed by atoms with Gasteiger partial charge in [0.05, 0.1) is 12.5 Å². The van der Waals surface area contributed by atoms with Crippen LogP contribution in [0.3, 0.4) is 0 Å². The summed E-state index contributed by atoms with van der Waals surface area (Å²) < 4.78 is 0.967. The van der Waals surface area contributed by atoms with E-state index in [1.807, 2.05) is 29.2 Å². The minimum Gasteiger partial charge on any atom is -0.349 e. The van der Waals surface area contributed by atoms with Gasteiger partial charge in [0.25, 0.3) is 0 Å². The molecule has 0 spiro atoms. The molecule has 0 aromatic heterocycles. The highest BCUT2D eigenvalue weighted by molar-refractivity contribution is 9.10. The van der Waals surface area contributed by atoms with Crippen LogP contribution in [0.2, 0.25) is 0 Å². The number of benzene rings is 1. The third-order valence-electron chi connectivity index (χ3n) is 4.00. The summed E-state index contributed by atoms with van der Waals surface area (Å²) in [6, 6.07) is 7.37. The van der Waals surface area contributed by atoms with Crippen molar-refractivity contribution in [2.45, 2.75) is 25.8 Å². The van der Waals surface area contributed by atoms with Crippen LogP contribution in [0.5, 0.6) is 0 Å². The molecule has 2 atom stereocenters. The van der Waals surface area contributed by atoms with Gasteiger partial charge in [-0.05, 0) is 36.6 Å². The summed E-state index contributed by atoms with van der Waals surface area (Å²) in [4.78, 5) is 25.7. The minimum atomic E-state index is -0.296. The zero-order chi connectivity index (χ0) is 16.1. The summed E-state index contributed by atoms with van der Waals surface area (Å²) in [7, 11) is 0. The van der Waals surface area contributed by atoms with Gasteiger partial charge in [0.2, 0.25) is 11.8 Å². The van der Waals surface area contributed by atoms with E-state index in [2.05, 4.69) is 21.2 Å². The molecular formula is C16H22BrN3O2. The van der Waals surface area contributed by atoms with Crippen molar-refractivity contribution < 1.29 is 9.59 Å². The van der Waals surface area contributed by atoms with Crippen LogP contribution in [0.1, 0.15) is 31.4 Å². The van der Waals surface area contributed by atoms with Crippen LogP contribution >= 0.6 is 15.9 Å². The Labute approximate surface area is 139 Å². The molecule has 22 heavy (non-hydrogen) atoms. The second-order valence-corrected chi connectivity index (χ2v) is 6.65. The second-order valence-electron chi connectivity index (χ2n) is 5.74. The molecule has 5 nitrogen and oxygen atoms in total. The van der Waals surface area contributed by atoms with Crippen LogP contribution in [0.15, 0.2) is 28.7 Å². The van der Waals surface area contributed by atoms with E-state index in [1.165, 1.54) is 6.92 Å². The first-order valence-electron chi connectivity index (χ1n) is 7.50. The molecule has 0 saturated carbocycles. The van der Waals surface area contributed by atoms with E-state index in [1.54, 1.807) is 0 Å². The number of amides is 2. The molecule has 1 fully saturated rings. The second kappa shape index (κ2) is 7.74. The Kier molecular flexibility index (Phi) is 5.97. The van der Waals surface area contributed by atoms with Crippen molar-refractivity contribution in [1.29, 1.82) is 0 Å². The van der Waals surface area contributed by atoms with Crippen molar-refractivity contribution in [1.82, 2.24) is 10.2 Å². The van der Waals surface area contributed by atoms with Crippen molar-refractivity contribution in [3.05, 3.63) is 34.3 Å². The van der Waals surface area contributed by atoms with Crippen molar-refractivity contribution >= 4 is 27.7 Å². The molecule has 0 bridgehead atoms. The number of nitrogens with zero attached hydrogens (tertiary/aromatic N) is 1. The third-order valence-corrected chi connectivity index (χ3v) is 4.53. The molecule has 1 saturated heterocycles. The average Bonchev–Trinajstić information content (AvgIpc) is 2.96. The summed E-state index contributed by atoms with van der Waals surface area (Å²) in [5.41, 5.74) is 6.60. The monoisotopic (exact) mass is 367 g/mol. The first-order valence-corrected chi connectivity index (χ1v) is 8.29. The molecule has 6 heteroatoms. The number of halogens is 1. The van der Waals surface area contributed by atoms with Gasteiger partial charge in [-0.15, -0.1) is 0 Å². The maximum atomic E-state index is 12.5. The number of hydrogen-bond donors (Lipinski definition) is 2. The van der Waals surface area contributed by atoms with Crippen LogP contribution in [0, 0.1) is 5.92 Å². The molecular weight excluding hydrogens is 346 g/mol. The molecule has 3 N–H and O–H groups in total. The van der Waals surface area contributed by atoms with Gasteiger partial charge in [0.1, 0.15) is 0 Å². The smallest absolute Gasteiger partial charge is 0.224 e. The highest BCUT2D eigenvalue weighted by Gasteiger charge is 2.27. The molecule has 2 rings (SSSR count). The number of nitrogens with one attached hydrogen (secondary N) is 1. The van der Waals surface area contributed by atoms with Gasteiger partial charge < -0.3 is 16.0 Å². The molecule has 2 unspecified atom stereocenters. The Hall–Kier alpha value is -1.40. The van der Waals surface area contributed by atoms with Gasteiger partial charge in [-0.2, -0.15) is 0 Å². The number of likely N-dealkylation sites (tertiary alicyclic amines) is 1. The zero-order valence-electron chi connectivity index (χ0n) is 12.7. The first-order chi connectivity index (χ1) is 10.5. The molecule has 1 heterocycles. The summed E-state index contributed by atoms with van der Waals surface area (Å²) >= 11 is 3.39. The van der Waals surface area contributed by atoms with Crippen molar-refractivity contribution in [3.63, 3.8) is 0 Å². The highest BCUT2D eigenvalue weighted by Crippen LogP contribution is 2.23. The van der Waals surface area contributed by atoms with E-state index >= 15 is 0 Å². The van der Waals surface area contributed by atoms with Gasteiger partial charge in [-0.3, -0.25) is 9.59 Å². The van der Waals surface area contributed by atoms with Gasteiger partial charge in [0, 0.05) is 24.5 Å². The molecule has 2 amide bonds. The number of nitrogens with two attached hydrogens (primary N) is 1. The SMILES string of the molecule is CC(=O)NC(CC(=O)N1CCC(CN)C1)c1ccc(Br)cc1. The fourth-order valence-electron chi connectivity index (χ4n) is 2.75. The number of hydrogen-bond acceptors (Lipinski definition) is 3. The maximum Gasteiger partial charge on any atom is 0.224 e. The van der Waals surface area contributed by atoms with Gasteiger partial charge in [-0.25, -0.2) is 0 Å². The molecule has 120 valence electrons. The normalized spacial score (nSPS) is 19.0. The first kappa shape index (κ1) is 17.0. The van der Waals surface area contributed by atoms with Gasteiger partial charge in [-0.1, -0.05) is 28.1 Å². The largest absolute Gasteiger partial charge is 0.349 e. The lowest BCUT2D eigenvalue weighted by atomic mass is 10.0. The Bertz CT molecular complexity index is 533. The quantitative estimate of drug-likeness (QED) is 0.833. The van der Waals surface area contributed by atoms with E-state index in [0.717, 1.165) is 29.5 Å². The van der Waals surface area contributed by atoms with Crippen LogP contribution in [-0.4, -0.2) is 36.3 Å². The van der Waals surface area contributed by atoms with E-state index < -0.39 is 0 Å². The summed E-state index contributed by atoms with van der Waals surface area (Å²) in [5.74, 6) is 0.329. The Morgan fingerprint density at radius 2 is 2.09 bits per heavy atom. The standard InChI is InChI=1S/C16H22BrN3O2/c1-11(21)19-15(13-2-4-14(17)5-3-13)8-16(22)20-7-6-12(9-18)10-20/h2-5,12,15H,6-10,18H2,1H3,(H,19,21). The van der Waals surface area contributed by atoms with E-state index in [0.29, 0.717) is 12.5 Å². The fourth-order valence-corrected chi connectivity index (χ4v) is 3.01.